The third kappa shape index (κ3) is 12.2. The third-order valence-corrected chi connectivity index (χ3v) is 40.3. The van der Waals surface area contributed by atoms with Gasteiger partial charge in [-0.05, 0) is 75.4 Å². The molecule has 0 aromatic rings. The summed E-state index contributed by atoms with van der Waals surface area (Å²) in [6.45, 7) is 48.6. The maximum atomic E-state index is 8.22. The number of unbranched alkanes of at least 4 members (excludes halogenated alkanes) is 6. The lowest BCUT2D eigenvalue weighted by molar-refractivity contribution is 0.216. The smallest absolute Gasteiger partial charge is 0.420 e. The van der Waals surface area contributed by atoms with Crippen molar-refractivity contribution in [2.75, 3.05) is 7.11 Å². The van der Waals surface area contributed by atoms with E-state index in [0.29, 0.717) is 49.9 Å². The summed E-state index contributed by atoms with van der Waals surface area (Å²) in [5.41, 5.74) is 4.41. The van der Waals surface area contributed by atoms with Crippen molar-refractivity contribution >= 4 is 42.1 Å². The summed E-state index contributed by atoms with van der Waals surface area (Å²) >= 11 is 0. The molecule has 0 bridgehead atoms. The largest absolute Gasteiger partial charge is 0.469 e. The molecule has 0 aliphatic heterocycles. The van der Waals surface area contributed by atoms with Gasteiger partial charge >= 0.3 is 8.80 Å². The predicted molar refractivity (Wildman–Crippen MR) is 229 cm³/mol. The number of hydrogen-bond acceptors (Lipinski definition) is 4. The maximum absolute atomic E-state index is 8.22. The highest BCUT2D eigenvalue weighted by atomic mass is 28.5. The normalized spacial score (nSPS) is 14.6. The molecule has 0 aliphatic rings. The molecule has 0 saturated carbocycles. The Morgan fingerprint density at radius 2 is 0.542 bits per heavy atom. The van der Waals surface area contributed by atoms with Gasteiger partial charge in [-0.3, -0.25) is 0 Å². The van der Waals surface area contributed by atoms with E-state index in [9.17, 15) is 0 Å². The SMILES string of the molecule is CO[Si](C)(C)CCCCCCCCC[Si](O[Si](C(C)C)(C(C)C)C(C)C)(O[Si](C(C)C)(C(C)C)C(C)C)O[Si](C(C)C)(C(C)C)C(C)C. The molecule has 0 unspecified atom stereocenters. The van der Waals surface area contributed by atoms with Crippen LogP contribution in [0.5, 0.6) is 0 Å². The monoisotopic (exact) mass is 763 g/mol. The zero-order valence-corrected chi connectivity index (χ0v) is 41.7. The van der Waals surface area contributed by atoms with Gasteiger partial charge in [0.1, 0.15) is 0 Å². The Bertz CT molecular complexity index is 722. The molecule has 0 atom stereocenters. The van der Waals surface area contributed by atoms with Crippen LogP contribution >= 0.6 is 0 Å². The minimum Gasteiger partial charge on any atom is -0.420 e. The van der Waals surface area contributed by atoms with E-state index < -0.39 is 42.1 Å². The molecule has 0 aliphatic carbocycles. The van der Waals surface area contributed by atoms with Gasteiger partial charge in [-0.2, -0.15) is 0 Å². The molecular formula is C39H90O4Si5. The highest BCUT2D eigenvalue weighted by molar-refractivity contribution is 6.94. The van der Waals surface area contributed by atoms with Crippen LogP contribution in [0.25, 0.3) is 0 Å². The summed E-state index contributed by atoms with van der Waals surface area (Å²) in [7, 11) is -9.73. The second-order valence-corrected chi connectivity index (χ2v) is 43.1. The number of rotatable bonds is 26. The van der Waals surface area contributed by atoms with Crippen LogP contribution < -0.4 is 0 Å². The first-order chi connectivity index (χ1) is 21.9. The van der Waals surface area contributed by atoms with Crippen molar-refractivity contribution in [3.05, 3.63) is 0 Å². The van der Waals surface area contributed by atoms with Crippen molar-refractivity contribution in [1.29, 1.82) is 0 Å². The van der Waals surface area contributed by atoms with Crippen molar-refractivity contribution < 1.29 is 16.8 Å². The summed E-state index contributed by atoms with van der Waals surface area (Å²) in [6.07, 6.45) is 8.96. The second kappa shape index (κ2) is 21.0. The molecule has 0 spiro atoms. The fraction of sp³-hybridized carbons (Fsp3) is 1.00. The van der Waals surface area contributed by atoms with Crippen LogP contribution in [0.15, 0.2) is 0 Å². The Morgan fingerprint density at radius 3 is 0.750 bits per heavy atom. The lowest BCUT2D eigenvalue weighted by Gasteiger charge is -2.56. The van der Waals surface area contributed by atoms with E-state index in [4.69, 9.17) is 16.8 Å². The molecule has 0 fully saturated rings. The molecule has 4 nitrogen and oxygen atoms in total. The molecule has 0 rings (SSSR count). The van der Waals surface area contributed by atoms with Gasteiger partial charge in [-0.25, -0.2) is 0 Å². The molecule has 48 heavy (non-hydrogen) atoms. The van der Waals surface area contributed by atoms with Crippen LogP contribution in [0.2, 0.25) is 75.1 Å². The van der Waals surface area contributed by atoms with E-state index in [-0.39, 0.29) is 0 Å². The van der Waals surface area contributed by atoms with Crippen LogP contribution in [-0.4, -0.2) is 49.2 Å². The summed E-state index contributed by atoms with van der Waals surface area (Å²) in [5.74, 6) is 0. The molecule has 0 aromatic carbocycles. The fourth-order valence-electron chi connectivity index (χ4n) is 9.96. The minimum absolute atomic E-state index is 0.490. The molecule has 0 heterocycles. The summed E-state index contributed by atoms with van der Waals surface area (Å²) in [4.78, 5) is 0. The Labute approximate surface area is 309 Å². The van der Waals surface area contributed by atoms with Crippen LogP contribution in [0.4, 0.5) is 0 Å². The molecular weight excluding hydrogens is 673 g/mol. The quantitative estimate of drug-likeness (QED) is 0.0649. The van der Waals surface area contributed by atoms with E-state index in [1.54, 1.807) is 0 Å². The van der Waals surface area contributed by atoms with Crippen LogP contribution in [0.3, 0.4) is 0 Å². The molecule has 0 N–H and O–H groups in total. The first-order valence-electron chi connectivity index (χ1n) is 20.5. The van der Waals surface area contributed by atoms with E-state index in [1.165, 1.54) is 44.6 Å². The first-order valence-corrected chi connectivity index (χ1v) is 32.0. The van der Waals surface area contributed by atoms with Gasteiger partial charge in [-0.15, -0.1) is 0 Å². The first kappa shape index (κ1) is 48.9. The van der Waals surface area contributed by atoms with Crippen LogP contribution in [0.1, 0.15) is 170 Å². The van der Waals surface area contributed by atoms with Gasteiger partial charge < -0.3 is 16.8 Å². The molecule has 290 valence electrons. The van der Waals surface area contributed by atoms with E-state index in [2.05, 4.69) is 138 Å². The van der Waals surface area contributed by atoms with Gasteiger partial charge in [0.05, 0.1) is 0 Å². The van der Waals surface area contributed by atoms with Crippen molar-refractivity contribution in [2.45, 2.75) is 245 Å². The Hall–Kier alpha value is 0.924. The van der Waals surface area contributed by atoms with Gasteiger partial charge in [0.15, 0.2) is 33.3 Å². The van der Waals surface area contributed by atoms with Gasteiger partial charge in [0.25, 0.3) is 0 Å². The topological polar surface area (TPSA) is 36.9 Å². The minimum atomic E-state index is -3.20. The second-order valence-electron chi connectivity index (χ2n) is 18.9. The van der Waals surface area contributed by atoms with Crippen molar-refractivity contribution in [3.8, 4) is 0 Å². The average Bonchev–Trinajstić information content (AvgIpc) is 2.94. The van der Waals surface area contributed by atoms with Gasteiger partial charge in [0.2, 0.25) is 0 Å². The average molecular weight is 764 g/mol. The summed E-state index contributed by atoms with van der Waals surface area (Å²) in [5, 5.41) is 0. The molecule has 9 heteroatoms. The fourth-order valence-corrected chi connectivity index (χ4v) is 41.8. The molecule has 0 radical (unpaired) electrons. The Morgan fingerprint density at radius 1 is 0.333 bits per heavy atom. The summed E-state index contributed by atoms with van der Waals surface area (Å²) < 4.78 is 30.4. The predicted octanol–water partition coefficient (Wildman–Crippen LogP) is 15.1. The Balaban J connectivity index is 7.14. The van der Waals surface area contributed by atoms with Crippen LogP contribution in [0, 0.1) is 0 Å². The maximum Gasteiger partial charge on any atom is 0.469 e. The standard InChI is InChI=1S/C39H90O4Si5/c1-31(2)46(32(3)4,33(5)6)41-45(42-47(34(7)8,35(9)10)36(11)12,43-48(37(13)14,38(15)16)39(17)18)30-28-26-24-22-23-25-27-29-44(20,21)40-19/h31-39H,22-30H2,1-21H3. The van der Waals surface area contributed by atoms with Gasteiger partial charge in [0, 0.05) is 13.2 Å². The van der Waals surface area contributed by atoms with Crippen LogP contribution in [-0.2, 0) is 16.8 Å². The molecule has 0 saturated heterocycles. The van der Waals surface area contributed by atoms with Crippen molar-refractivity contribution in [2.24, 2.45) is 0 Å². The zero-order chi connectivity index (χ0) is 37.9. The van der Waals surface area contributed by atoms with Crippen molar-refractivity contribution in [1.82, 2.24) is 0 Å². The van der Waals surface area contributed by atoms with Crippen molar-refractivity contribution in [3.63, 3.8) is 0 Å². The highest BCUT2D eigenvalue weighted by Crippen LogP contribution is 2.53. The van der Waals surface area contributed by atoms with E-state index >= 15 is 0 Å². The highest BCUT2D eigenvalue weighted by Gasteiger charge is 2.63. The zero-order valence-electron chi connectivity index (χ0n) is 36.7. The Kier molecular flexibility index (Phi) is 21.4. The van der Waals surface area contributed by atoms with E-state index in [1.807, 2.05) is 7.11 Å². The lowest BCUT2D eigenvalue weighted by atomic mass is 10.1. The molecule has 0 aromatic heterocycles. The van der Waals surface area contributed by atoms with Gasteiger partial charge in [-0.1, -0.05) is 163 Å². The third-order valence-electron chi connectivity index (χ3n) is 12.4. The lowest BCUT2D eigenvalue weighted by Crippen LogP contribution is -2.69. The summed E-state index contributed by atoms with van der Waals surface area (Å²) in [6, 6.07) is 2.25. The van der Waals surface area contributed by atoms with E-state index in [0.717, 1.165) is 12.5 Å². The number of hydrogen-bond donors (Lipinski definition) is 0. The molecule has 0 amide bonds.